The highest BCUT2D eigenvalue weighted by Crippen LogP contribution is 2.18. The Balaban J connectivity index is 1.15. The minimum Gasteiger partial charge on any atom is -0.394 e. The minimum atomic E-state index is -0.863. The summed E-state index contributed by atoms with van der Waals surface area (Å²) in [4.78, 5) is 26.5. The summed E-state index contributed by atoms with van der Waals surface area (Å²) in [6, 6.07) is 10.3. The molecular formula is C24H28N10O2. The normalized spacial score (nSPS) is 14.6. The van der Waals surface area contributed by atoms with E-state index >= 15 is 0 Å². The Morgan fingerprint density at radius 1 is 0.861 bits per heavy atom. The van der Waals surface area contributed by atoms with Crippen molar-refractivity contribution in [2.24, 2.45) is 0 Å². The molecule has 0 amide bonds. The molecule has 186 valence electrons. The second-order valence-corrected chi connectivity index (χ2v) is 8.55. The zero-order chi connectivity index (χ0) is 24.7. The van der Waals surface area contributed by atoms with Crippen molar-refractivity contribution in [1.29, 1.82) is 0 Å². The average Bonchev–Trinajstić information content (AvgIpc) is 3.36. The van der Waals surface area contributed by atoms with Crippen LogP contribution in [0.2, 0.25) is 0 Å². The van der Waals surface area contributed by atoms with Gasteiger partial charge in [-0.05, 0) is 11.1 Å². The Kier molecular flexibility index (Phi) is 7.24. The van der Waals surface area contributed by atoms with Crippen LogP contribution in [0, 0.1) is 0 Å². The molecule has 1 atom stereocenters. The molecule has 0 radical (unpaired) electrons. The van der Waals surface area contributed by atoms with Crippen LogP contribution in [0.5, 0.6) is 0 Å². The molecule has 12 nitrogen and oxygen atoms in total. The van der Waals surface area contributed by atoms with Gasteiger partial charge >= 0.3 is 0 Å². The molecule has 12 heteroatoms. The van der Waals surface area contributed by atoms with E-state index in [0.29, 0.717) is 17.6 Å². The molecule has 1 fully saturated rings. The molecule has 0 saturated carbocycles. The number of benzene rings is 1. The fourth-order valence-electron chi connectivity index (χ4n) is 3.97. The first-order valence-electron chi connectivity index (χ1n) is 11.8. The molecule has 0 bridgehead atoms. The van der Waals surface area contributed by atoms with E-state index in [-0.39, 0.29) is 13.2 Å². The van der Waals surface area contributed by atoms with Crippen molar-refractivity contribution in [1.82, 2.24) is 34.7 Å². The first-order chi connectivity index (χ1) is 17.7. The van der Waals surface area contributed by atoms with E-state index in [1.54, 1.807) is 17.1 Å². The van der Waals surface area contributed by atoms with Crippen LogP contribution in [-0.4, -0.2) is 83.8 Å². The highest BCUT2D eigenvalue weighted by molar-refractivity contribution is 5.51. The number of anilines is 4. The Hall–Kier alpha value is -4.16. The summed E-state index contributed by atoms with van der Waals surface area (Å²) in [5.74, 6) is 1.73. The van der Waals surface area contributed by atoms with Gasteiger partial charge in [-0.25, -0.2) is 19.9 Å². The molecule has 5 rings (SSSR count). The van der Waals surface area contributed by atoms with Crippen molar-refractivity contribution in [2.75, 3.05) is 47.9 Å². The van der Waals surface area contributed by atoms with E-state index in [1.165, 1.54) is 11.9 Å². The van der Waals surface area contributed by atoms with Gasteiger partial charge in [-0.15, -0.1) is 0 Å². The first kappa shape index (κ1) is 23.6. The SMILES string of the molecule is OC[C@H](O)Cn1cc(Nc2ncnc(N3CCN(c4ncc(Cc5ccccc5)cn4)CC3)n2)cn1. The molecule has 36 heavy (non-hydrogen) atoms. The molecule has 0 unspecified atom stereocenters. The van der Waals surface area contributed by atoms with Crippen molar-refractivity contribution in [2.45, 2.75) is 19.1 Å². The monoisotopic (exact) mass is 488 g/mol. The third-order valence-corrected chi connectivity index (χ3v) is 5.85. The standard InChI is InChI=1S/C24H28N10O2/c35-16-21(36)15-34-14-20(13-29-34)30-22-27-17-28-24(31-22)33-8-6-32(7-9-33)23-25-11-19(12-26-23)10-18-4-2-1-3-5-18/h1-5,11-14,17,21,35-36H,6-10,15-16H2,(H,27,28,30,31)/t21-/m1/s1. The van der Waals surface area contributed by atoms with Gasteiger partial charge in [0.15, 0.2) is 0 Å². The number of rotatable bonds is 9. The predicted octanol–water partition coefficient (Wildman–Crippen LogP) is 0.872. The maximum Gasteiger partial charge on any atom is 0.232 e. The van der Waals surface area contributed by atoms with Crippen molar-refractivity contribution in [3.63, 3.8) is 0 Å². The van der Waals surface area contributed by atoms with Gasteiger partial charge in [-0.3, -0.25) is 4.68 Å². The van der Waals surface area contributed by atoms with Gasteiger partial charge in [-0.2, -0.15) is 10.1 Å². The molecule has 3 aromatic heterocycles. The summed E-state index contributed by atoms with van der Waals surface area (Å²) in [6.07, 6.45) is 8.56. The summed E-state index contributed by atoms with van der Waals surface area (Å²) < 4.78 is 1.54. The van der Waals surface area contributed by atoms with Gasteiger partial charge in [0.05, 0.1) is 31.1 Å². The van der Waals surface area contributed by atoms with E-state index in [9.17, 15) is 5.11 Å². The zero-order valence-electron chi connectivity index (χ0n) is 19.7. The Bertz CT molecular complexity index is 1240. The van der Waals surface area contributed by atoms with Gasteiger partial charge in [0.2, 0.25) is 17.8 Å². The molecule has 4 heterocycles. The van der Waals surface area contributed by atoms with Crippen molar-refractivity contribution in [3.8, 4) is 0 Å². The quantitative estimate of drug-likeness (QED) is 0.309. The van der Waals surface area contributed by atoms with Gasteiger partial charge in [-0.1, -0.05) is 30.3 Å². The number of aromatic nitrogens is 7. The Labute approximate surface area is 208 Å². The Morgan fingerprint density at radius 3 is 2.31 bits per heavy atom. The minimum absolute atomic E-state index is 0.199. The lowest BCUT2D eigenvalue weighted by Gasteiger charge is -2.34. The number of hydrogen-bond acceptors (Lipinski definition) is 11. The highest BCUT2D eigenvalue weighted by atomic mass is 16.3. The smallest absolute Gasteiger partial charge is 0.232 e. The van der Waals surface area contributed by atoms with E-state index in [4.69, 9.17) is 5.11 Å². The zero-order valence-corrected chi connectivity index (χ0v) is 19.7. The van der Waals surface area contributed by atoms with Crippen LogP contribution in [0.3, 0.4) is 0 Å². The molecular weight excluding hydrogens is 460 g/mol. The molecule has 1 aliphatic heterocycles. The van der Waals surface area contributed by atoms with E-state index in [2.05, 4.69) is 57.3 Å². The van der Waals surface area contributed by atoms with Crippen molar-refractivity contribution < 1.29 is 10.2 Å². The van der Waals surface area contributed by atoms with Crippen LogP contribution in [0.4, 0.5) is 23.5 Å². The predicted molar refractivity (Wildman–Crippen MR) is 134 cm³/mol. The lowest BCUT2D eigenvalue weighted by molar-refractivity contribution is 0.0783. The van der Waals surface area contributed by atoms with Gasteiger partial charge in [0.1, 0.15) is 6.33 Å². The number of piperazine rings is 1. The van der Waals surface area contributed by atoms with Crippen molar-refractivity contribution >= 4 is 23.5 Å². The van der Waals surface area contributed by atoms with Crippen LogP contribution in [0.1, 0.15) is 11.1 Å². The number of nitrogens with zero attached hydrogens (tertiary/aromatic N) is 9. The van der Waals surface area contributed by atoms with Crippen molar-refractivity contribution in [3.05, 3.63) is 72.6 Å². The van der Waals surface area contributed by atoms with Crippen LogP contribution in [-0.2, 0) is 13.0 Å². The van der Waals surface area contributed by atoms with Gasteiger partial charge in [0, 0.05) is 51.2 Å². The van der Waals surface area contributed by atoms with Crippen LogP contribution in [0.15, 0.2) is 61.4 Å². The fourth-order valence-corrected chi connectivity index (χ4v) is 3.97. The highest BCUT2D eigenvalue weighted by Gasteiger charge is 2.21. The average molecular weight is 489 g/mol. The third kappa shape index (κ3) is 5.90. The molecule has 1 aliphatic rings. The van der Waals surface area contributed by atoms with Gasteiger partial charge < -0.3 is 25.3 Å². The Morgan fingerprint density at radius 2 is 1.58 bits per heavy atom. The molecule has 3 N–H and O–H groups in total. The van der Waals surface area contributed by atoms with E-state index < -0.39 is 6.10 Å². The number of aliphatic hydroxyl groups excluding tert-OH is 2. The lowest BCUT2D eigenvalue weighted by atomic mass is 10.1. The van der Waals surface area contributed by atoms with Crippen LogP contribution >= 0.6 is 0 Å². The topological polar surface area (TPSA) is 141 Å². The number of aliphatic hydroxyl groups is 2. The van der Waals surface area contributed by atoms with Crippen LogP contribution in [0.25, 0.3) is 0 Å². The van der Waals surface area contributed by atoms with Gasteiger partial charge in [0.25, 0.3) is 0 Å². The first-order valence-corrected chi connectivity index (χ1v) is 11.8. The molecule has 0 aliphatic carbocycles. The summed E-state index contributed by atoms with van der Waals surface area (Å²) in [7, 11) is 0. The van der Waals surface area contributed by atoms with E-state index in [0.717, 1.165) is 44.1 Å². The summed E-state index contributed by atoms with van der Waals surface area (Å²) >= 11 is 0. The number of nitrogens with one attached hydrogen (secondary N) is 1. The van der Waals surface area contributed by atoms with E-state index in [1.807, 2.05) is 30.6 Å². The number of hydrogen-bond donors (Lipinski definition) is 3. The molecule has 0 spiro atoms. The third-order valence-electron chi connectivity index (χ3n) is 5.85. The second kappa shape index (κ2) is 11.1. The maximum atomic E-state index is 9.57. The largest absolute Gasteiger partial charge is 0.394 e. The van der Waals surface area contributed by atoms with Crippen LogP contribution < -0.4 is 15.1 Å². The summed E-state index contributed by atoms with van der Waals surface area (Å²) in [6.45, 7) is 2.85. The molecule has 4 aromatic rings. The molecule has 1 aromatic carbocycles. The molecule has 1 saturated heterocycles. The lowest BCUT2D eigenvalue weighted by Crippen LogP contribution is -2.47. The maximum absolute atomic E-state index is 9.57. The summed E-state index contributed by atoms with van der Waals surface area (Å²) in [5, 5.41) is 25.8. The fraction of sp³-hybridized carbons (Fsp3) is 0.333. The summed E-state index contributed by atoms with van der Waals surface area (Å²) in [5.41, 5.74) is 3.00. The second-order valence-electron chi connectivity index (χ2n) is 8.55.